The van der Waals surface area contributed by atoms with E-state index in [1.54, 1.807) is 27.0 Å². The van der Waals surface area contributed by atoms with Crippen molar-refractivity contribution in [2.45, 2.75) is 51.3 Å². The maximum atomic E-state index is 13.2. The average molecular weight is 492 g/mol. The highest BCUT2D eigenvalue weighted by atomic mass is 16.6. The van der Waals surface area contributed by atoms with Crippen LogP contribution in [-0.4, -0.2) is 47.1 Å². The number of ether oxygens (including phenoxy) is 1. The van der Waals surface area contributed by atoms with Gasteiger partial charge in [-0.2, -0.15) is 0 Å². The minimum atomic E-state index is -1.06. The Hall–Kier alpha value is -3.98. The molecule has 5 N–H and O–H groups in total. The van der Waals surface area contributed by atoms with Crippen LogP contribution in [0.3, 0.4) is 0 Å². The number of para-hydroxylation sites is 1. The molecule has 3 amide bonds. The predicted octanol–water partition coefficient (Wildman–Crippen LogP) is 3.14. The van der Waals surface area contributed by atoms with Crippen LogP contribution in [-0.2, 0) is 20.7 Å². The minimum absolute atomic E-state index is 0.160. The van der Waals surface area contributed by atoms with Gasteiger partial charge in [-0.3, -0.25) is 14.6 Å². The molecule has 0 aliphatic carbocycles. The largest absolute Gasteiger partial charge is 0.444 e. The van der Waals surface area contributed by atoms with Gasteiger partial charge in [-0.1, -0.05) is 48.5 Å². The number of alkyl carbamates (subject to hydrolysis) is 1. The Morgan fingerprint density at radius 2 is 1.64 bits per heavy atom. The summed E-state index contributed by atoms with van der Waals surface area (Å²) >= 11 is 0. The molecule has 0 aliphatic heterocycles. The van der Waals surface area contributed by atoms with Crippen LogP contribution in [0.4, 0.5) is 10.5 Å². The van der Waals surface area contributed by atoms with E-state index in [1.807, 2.05) is 60.7 Å². The topological polar surface area (TPSA) is 135 Å². The zero-order chi connectivity index (χ0) is 26.1. The molecular weight excluding hydrogens is 458 g/mol. The third-order valence-corrected chi connectivity index (χ3v) is 5.30. The lowest BCUT2D eigenvalue weighted by Crippen LogP contribution is -2.55. The van der Waals surface area contributed by atoms with Gasteiger partial charge in [-0.25, -0.2) is 4.79 Å². The summed E-state index contributed by atoms with van der Waals surface area (Å²) in [5, 5.41) is 8.94. The number of benzene rings is 2. The predicted molar refractivity (Wildman–Crippen MR) is 139 cm³/mol. The number of carbonyl (C=O) groups is 3. The highest BCUT2D eigenvalue weighted by Crippen LogP contribution is 2.17. The van der Waals surface area contributed by atoms with E-state index in [-0.39, 0.29) is 6.54 Å². The molecular formula is C27H33N5O4. The lowest BCUT2D eigenvalue weighted by atomic mass is 10.0. The van der Waals surface area contributed by atoms with Crippen LogP contribution in [0.5, 0.6) is 0 Å². The van der Waals surface area contributed by atoms with E-state index in [4.69, 9.17) is 10.5 Å². The van der Waals surface area contributed by atoms with Crippen molar-refractivity contribution in [1.82, 2.24) is 15.6 Å². The van der Waals surface area contributed by atoms with Crippen molar-refractivity contribution in [3.05, 3.63) is 72.4 Å². The third-order valence-electron chi connectivity index (χ3n) is 5.30. The van der Waals surface area contributed by atoms with Gasteiger partial charge in [-0.05, 0) is 51.3 Å². The fourth-order valence-corrected chi connectivity index (χ4v) is 3.55. The number of nitrogens with two attached hydrogens (primary N) is 1. The Morgan fingerprint density at radius 1 is 0.944 bits per heavy atom. The van der Waals surface area contributed by atoms with Gasteiger partial charge in [0.15, 0.2) is 0 Å². The lowest BCUT2D eigenvalue weighted by molar-refractivity contribution is -0.127. The first-order chi connectivity index (χ1) is 17.1. The number of nitrogens with one attached hydrogen (secondary N) is 3. The van der Waals surface area contributed by atoms with Crippen LogP contribution in [0.25, 0.3) is 10.9 Å². The SMILES string of the molecule is CC(C)(C)OC(=O)N[C@@H](CN)C(=O)N[C@@H](CCc1ccccc1)C(=O)Nc1cnc2ccccc2c1. The van der Waals surface area contributed by atoms with Gasteiger partial charge in [0.25, 0.3) is 0 Å². The van der Waals surface area contributed by atoms with Crippen LogP contribution < -0.4 is 21.7 Å². The second kappa shape index (κ2) is 12.1. The zero-order valence-corrected chi connectivity index (χ0v) is 20.8. The molecule has 1 heterocycles. The van der Waals surface area contributed by atoms with E-state index < -0.39 is 35.6 Å². The summed E-state index contributed by atoms with van der Waals surface area (Å²) in [7, 11) is 0. The molecule has 9 nitrogen and oxygen atoms in total. The molecule has 3 aromatic rings. The van der Waals surface area contributed by atoms with Crippen molar-refractivity contribution in [2.24, 2.45) is 5.73 Å². The number of anilines is 1. The fourth-order valence-electron chi connectivity index (χ4n) is 3.55. The van der Waals surface area contributed by atoms with E-state index in [0.717, 1.165) is 16.5 Å². The van der Waals surface area contributed by atoms with E-state index in [9.17, 15) is 14.4 Å². The molecule has 0 spiro atoms. The first-order valence-electron chi connectivity index (χ1n) is 11.8. The maximum Gasteiger partial charge on any atom is 0.408 e. The molecule has 190 valence electrons. The average Bonchev–Trinajstić information content (AvgIpc) is 2.84. The number of fused-ring (bicyclic) bond motifs is 1. The van der Waals surface area contributed by atoms with Crippen LogP contribution in [0.1, 0.15) is 32.8 Å². The second-order valence-electron chi connectivity index (χ2n) is 9.43. The van der Waals surface area contributed by atoms with Crippen molar-refractivity contribution in [3.63, 3.8) is 0 Å². The molecule has 9 heteroatoms. The van der Waals surface area contributed by atoms with E-state index in [1.165, 1.54) is 0 Å². The summed E-state index contributed by atoms with van der Waals surface area (Å²) in [5.41, 5.74) is 7.36. The number of aryl methyl sites for hydroxylation is 1. The number of amides is 3. The molecule has 0 unspecified atom stereocenters. The van der Waals surface area contributed by atoms with Gasteiger partial charge in [0.1, 0.15) is 17.7 Å². The summed E-state index contributed by atoms with van der Waals surface area (Å²) in [4.78, 5) is 42.7. The second-order valence-corrected chi connectivity index (χ2v) is 9.43. The Labute approximate surface area is 210 Å². The summed E-state index contributed by atoms with van der Waals surface area (Å²) in [5.74, 6) is -0.974. The number of hydrogen-bond donors (Lipinski definition) is 4. The number of aromatic nitrogens is 1. The molecule has 0 fully saturated rings. The summed E-state index contributed by atoms with van der Waals surface area (Å²) < 4.78 is 5.22. The number of nitrogens with zero attached hydrogens (tertiary/aromatic N) is 1. The fraction of sp³-hybridized carbons (Fsp3) is 0.333. The van der Waals surface area contributed by atoms with E-state index >= 15 is 0 Å². The molecule has 0 bridgehead atoms. The van der Waals surface area contributed by atoms with Gasteiger partial charge >= 0.3 is 6.09 Å². The van der Waals surface area contributed by atoms with Crippen LogP contribution >= 0.6 is 0 Å². The smallest absolute Gasteiger partial charge is 0.408 e. The standard InChI is InChI=1S/C27H33N5O4/c1-27(2,3)36-26(35)32-23(16-28)25(34)31-22(14-13-18-9-5-4-6-10-18)24(33)30-20-15-19-11-7-8-12-21(19)29-17-20/h4-12,15,17,22-23H,13-14,16,28H2,1-3H3,(H,30,33)(H,31,34)(H,32,35)/t22-,23-/m0/s1. The molecule has 0 saturated carbocycles. The Bertz CT molecular complexity index is 1190. The molecule has 2 aromatic carbocycles. The highest BCUT2D eigenvalue weighted by molar-refractivity contribution is 5.99. The molecule has 0 saturated heterocycles. The minimum Gasteiger partial charge on any atom is -0.444 e. The first-order valence-corrected chi connectivity index (χ1v) is 11.8. The Balaban J connectivity index is 1.73. The lowest BCUT2D eigenvalue weighted by Gasteiger charge is -2.24. The first kappa shape index (κ1) is 26.6. The Kier molecular flexibility index (Phi) is 8.97. The van der Waals surface area contributed by atoms with Crippen molar-refractivity contribution >= 4 is 34.5 Å². The van der Waals surface area contributed by atoms with Crippen LogP contribution in [0.15, 0.2) is 66.9 Å². The van der Waals surface area contributed by atoms with Crippen molar-refractivity contribution in [3.8, 4) is 0 Å². The Morgan fingerprint density at radius 3 is 2.33 bits per heavy atom. The van der Waals surface area contributed by atoms with Gasteiger partial charge in [0.2, 0.25) is 11.8 Å². The van der Waals surface area contributed by atoms with Gasteiger partial charge in [0, 0.05) is 11.9 Å². The van der Waals surface area contributed by atoms with Crippen LogP contribution in [0.2, 0.25) is 0 Å². The molecule has 36 heavy (non-hydrogen) atoms. The van der Waals surface area contributed by atoms with Crippen molar-refractivity contribution in [2.75, 3.05) is 11.9 Å². The number of carbonyl (C=O) groups excluding carboxylic acids is 3. The number of rotatable bonds is 9. The maximum absolute atomic E-state index is 13.2. The summed E-state index contributed by atoms with van der Waals surface area (Å²) in [6, 6.07) is 17.1. The molecule has 2 atom stereocenters. The molecule has 0 radical (unpaired) electrons. The summed E-state index contributed by atoms with van der Waals surface area (Å²) in [6.45, 7) is 4.99. The molecule has 0 aliphatic rings. The summed E-state index contributed by atoms with van der Waals surface area (Å²) in [6.07, 6.45) is 1.71. The third kappa shape index (κ3) is 8.06. The van der Waals surface area contributed by atoms with Gasteiger partial charge in [0.05, 0.1) is 17.4 Å². The van der Waals surface area contributed by atoms with Crippen molar-refractivity contribution < 1.29 is 19.1 Å². The molecule has 1 aromatic heterocycles. The van der Waals surface area contributed by atoms with Gasteiger partial charge in [-0.15, -0.1) is 0 Å². The zero-order valence-electron chi connectivity index (χ0n) is 20.8. The van der Waals surface area contributed by atoms with E-state index in [2.05, 4.69) is 20.9 Å². The van der Waals surface area contributed by atoms with Crippen molar-refractivity contribution in [1.29, 1.82) is 0 Å². The number of hydrogen-bond acceptors (Lipinski definition) is 6. The number of pyridine rings is 1. The van der Waals surface area contributed by atoms with Crippen LogP contribution in [0, 0.1) is 0 Å². The normalized spacial score (nSPS) is 12.9. The molecule has 3 rings (SSSR count). The monoisotopic (exact) mass is 491 g/mol. The quantitative estimate of drug-likeness (QED) is 0.363. The highest BCUT2D eigenvalue weighted by Gasteiger charge is 2.27. The van der Waals surface area contributed by atoms with E-state index in [0.29, 0.717) is 18.5 Å². The van der Waals surface area contributed by atoms with Gasteiger partial charge < -0.3 is 26.4 Å².